The lowest BCUT2D eigenvalue weighted by molar-refractivity contribution is 0.181. The van der Waals surface area contributed by atoms with E-state index in [9.17, 15) is 8.42 Å². The summed E-state index contributed by atoms with van der Waals surface area (Å²) in [4.78, 5) is 10.3. The van der Waals surface area contributed by atoms with Crippen molar-refractivity contribution in [2.24, 2.45) is 0 Å². The Kier molecular flexibility index (Phi) is 5.73. The van der Waals surface area contributed by atoms with Crippen molar-refractivity contribution in [3.8, 4) is 11.4 Å². The average molecular weight is 467 g/mol. The fraction of sp³-hybridized carbons (Fsp3) is 0.208. The van der Waals surface area contributed by atoms with E-state index in [1.165, 1.54) is 0 Å². The Morgan fingerprint density at radius 3 is 2.44 bits per heavy atom. The standard InChI is InChI=1S/C24H23ClN4O2S/c25-21-6-4-20-15-22(7-5-19(20)14-21)32(30,31)29-12-10-28(11-13-29)17-18-3-8-24(27-16-18)23-2-1-9-26-23/h1-9,14-16,26H,10-13,17H2. The smallest absolute Gasteiger partial charge is 0.243 e. The largest absolute Gasteiger partial charge is 0.360 e. The third kappa shape index (κ3) is 4.29. The highest BCUT2D eigenvalue weighted by Crippen LogP contribution is 2.25. The number of piperazine rings is 1. The first-order valence-electron chi connectivity index (χ1n) is 10.5. The molecule has 8 heteroatoms. The van der Waals surface area contributed by atoms with E-state index in [2.05, 4.69) is 20.9 Å². The zero-order chi connectivity index (χ0) is 22.1. The lowest BCUT2D eigenvalue weighted by atomic mass is 10.1. The second-order valence-electron chi connectivity index (χ2n) is 7.97. The van der Waals surface area contributed by atoms with Crippen molar-refractivity contribution in [3.63, 3.8) is 0 Å². The van der Waals surface area contributed by atoms with Crippen molar-refractivity contribution in [1.82, 2.24) is 19.2 Å². The van der Waals surface area contributed by atoms with Crippen molar-refractivity contribution >= 4 is 32.4 Å². The van der Waals surface area contributed by atoms with E-state index in [-0.39, 0.29) is 0 Å². The van der Waals surface area contributed by atoms with Crippen LogP contribution in [0.2, 0.25) is 5.02 Å². The van der Waals surface area contributed by atoms with Crippen molar-refractivity contribution in [2.45, 2.75) is 11.4 Å². The number of sulfonamides is 1. The Labute approximate surface area is 192 Å². The van der Waals surface area contributed by atoms with Gasteiger partial charge in [0.1, 0.15) is 0 Å². The topological polar surface area (TPSA) is 69.3 Å². The summed E-state index contributed by atoms with van der Waals surface area (Å²) < 4.78 is 27.9. The summed E-state index contributed by atoms with van der Waals surface area (Å²) in [5.74, 6) is 0. The van der Waals surface area contributed by atoms with Crippen LogP contribution in [0, 0.1) is 0 Å². The maximum atomic E-state index is 13.2. The van der Waals surface area contributed by atoms with Gasteiger partial charge in [-0.25, -0.2) is 8.42 Å². The van der Waals surface area contributed by atoms with Gasteiger partial charge in [-0.2, -0.15) is 4.31 Å². The van der Waals surface area contributed by atoms with Crippen LogP contribution in [0.1, 0.15) is 5.56 Å². The third-order valence-electron chi connectivity index (χ3n) is 5.85. The molecule has 0 bridgehead atoms. The summed E-state index contributed by atoms with van der Waals surface area (Å²) in [5.41, 5.74) is 3.02. The maximum absolute atomic E-state index is 13.2. The van der Waals surface area contributed by atoms with Gasteiger partial charge in [0.2, 0.25) is 10.0 Å². The lowest BCUT2D eigenvalue weighted by Gasteiger charge is -2.34. The SMILES string of the molecule is O=S(=O)(c1ccc2cc(Cl)ccc2c1)N1CCN(Cc2ccc(-c3ccc[nH]3)nc2)CC1. The van der Waals surface area contributed by atoms with Gasteiger partial charge in [-0.3, -0.25) is 9.88 Å². The normalized spacial score (nSPS) is 15.9. The van der Waals surface area contributed by atoms with Gasteiger partial charge in [0.05, 0.1) is 16.3 Å². The molecule has 1 fully saturated rings. The zero-order valence-corrected chi connectivity index (χ0v) is 19.0. The Balaban J connectivity index is 1.23. The highest BCUT2D eigenvalue weighted by Gasteiger charge is 2.28. The number of hydrogen-bond acceptors (Lipinski definition) is 4. The minimum absolute atomic E-state index is 0.324. The van der Waals surface area contributed by atoms with Gasteiger partial charge in [-0.05, 0) is 58.8 Å². The molecule has 2 aromatic heterocycles. The van der Waals surface area contributed by atoms with Crippen LogP contribution >= 0.6 is 11.6 Å². The Bertz CT molecular complexity index is 1330. The maximum Gasteiger partial charge on any atom is 0.243 e. The van der Waals surface area contributed by atoms with Crippen LogP contribution in [0.25, 0.3) is 22.2 Å². The van der Waals surface area contributed by atoms with Gasteiger partial charge in [0, 0.05) is 50.1 Å². The van der Waals surface area contributed by atoms with Gasteiger partial charge in [-0.1, -0.05) is 29.8 Å². The molecule has 0 amide bonds. The molecule has 4 aromatic rings. The molecule has 0 saturated carbocycles. The first-order valence-corrected chi connectivity index (χ1v) is 12.3. The number of hydrogen-bond donors (Lipinski definition) is 1. The molecule has 0 atom stereocenters. The van der Waals surface area contributed by atoms with Crippen molar-refractivity contribution in [1.29, 1.82) is 0 Å². The number of aromatic nitrogens is 2. The molecule has 164 valence electrons. The summed E-state index contributed by atoms with van der Waals surface area (Å²) in [6.07, 6.45) is 3.77. The molecule has 6 nitrogen and oxygen atoms in total. The summed E-state index contributed by atoms with van der Waals surface area (Å²) in [5, 5.41) is 2.43. The summed E-state index contributed by atoms with van der Waals surface area (Å²) in [6, 6.07) is 18.7. The molecular weight excluding hydrogens is 444 g/mol. The Morgan fingerprint density at radius 2 is 1.72 bits per heavy atom. The number of nitrogens with one attached hydrogen (secondary N) is 1. The first-order chi connectivity index (χ1) is 15.5. The summed E-state index contributed by atoms with van der Waals surface area (Å²) >= 11 is 6.04. The lowest BCUT2D eigenvalue weighted by Crippen LogP contribution is -2.48. The van der Waals surface area contributed by atoms with Gasteiger partial charge < -0.3 is 4.98 Å². The van der Waals surface area contributed by atoms with Crippen molar-refractivity contribution < 1.29 is 8.42 Å². The van der Waals surface area contributed by atoms with E-state index in [0.717, 1.165) is 34.3 Å². The second-order valence-corrected chi connectivity index (χ2v) is 10.3. The van der Waals surface area contributed by atoms with Crippen LogP contribution in [0.5, 0.6) is 0 Å². The van der Waals surface area contributed by atoms with Crippen LogP contribution in [0.3, 0.4) is 0 Å². The Hall–Kier alpha value is -2.71. The van der Waals surface area contributed by atoms with Crippen LogP contribution in [-0.2, 0) is 16.6 Å². The fourth-order valence-electron chi connectivity index (χ4n) is 4.06. The van der Waals surface area contributed by atoms with E-state index >= 15 is 0 Å². The van der Waals surface area contributed by atoms with Crippen LogP contribution in [0.4, 0.5) is 0 Å². The second kappa shape index (κ2) is 8.67. The number of pyridine rings is 1. The molecular formula is C24H23ClN4O2S. The van der Waals surface area contributed by atoms with Crippen molar-refractivity contribution in [2.75, 3.05) is 26.2 Å². The van der Waals surface area contributed by atoms with Gasteiger partial charge in [-0.15, -0.1) is 0 Å². The van der Waals surface area contributed by atoms with E-state index in [1.54, 1.807) is 22.5 Å². The minimum Gasteiger partial charge on any atom is -0.360 e. The van der Waals surface area contributed by atoms with E-state index in [1.807, 2.05) is 48.8 Å². The first kappa shape index (κ1) is 21.2. The number of rotatable bonds is 5. The molecule has 2 aromatic carbocycles. The highest BCUT2D eigenvalue weighted by atomic mass is 35.5. The van der Waals surface area contributed by atoms with Gasteiger partial charge in [0.25, 0.3) is 0 Å². The third-order valence-corrected chi connectivity index (χ3v) is 7.98. The summed E-state index contributed by atoms with van der Waals surface area (Å²) in [7, 11) is -3.53. The predicted octanol–water partition coefficient (Wildman–Crippen LogP) is 4.39. The van der Waals surface area contributed by atoms with Crippen LogP contribution in [-0.4, -0.2) is 53.8 Å². The molecule has 0 spiro atoms. The molecule has 3 heterocycles. The van der Waals surface area contributed by atoms with E-state index in [0.29, 0.717) is 36.1 Å². The van der Waals surface area contributed by atoms with Crippen LogP contribution < -0.4 is 0 Å². The van der Waals surface area contributed by atoms with Gasteiger partial charge >= 0.3 is 0 Å². The number of halogens is 1. The quantitative estimate of drug-likeness (QED) is 0.473. The monoisotopic (exact) mass is 466 g/mol. The average Bonchev–Trinajstić information content (AvgIpc) is 3.34. The minimum atomic E-state index is -3.53. The molecule has 0 radical (unpaired) electrons. The zero-order valence-electron chi connectivity index (χ0n) is 17.4. The molecule has 0 unspecified atom stereocenters. The number of benzene rings is 2. The van der Waals surface area contributed by atoms with Crippen LogP contribution in [0.15, 0.2) is 78.0 Å². The summed E-state index contributed by atoms with van der Waals surface area (Å²) in [6.45, 7) is 3.05. The molecule has 1 saturated heterocycles. The van der Waals surface area contributed by atoms with E-state index in [4.69, 9.17) is 11.6 Å². The van der Waals surface area contributed by atoms with Crippen molar-refractivity contribution in [3.05, 3.63) is 83.6 Å². The molecule has 5 rings (SSSR count). The molecule has 1 aliphatic heterocycles. The number of H-pyrrole nitrogens is 1. The molecule has 1 N–H and O–H groups in total. The molecule has 32 heavy (non-hydrogen) atoms. The van der Waals surface area contributed by atoms with E-state index < -0.39 is 10.0 Å². The molecule has 1 aliphatic rings. The molecule has 0 aliphatic carbocycles. The number of aromatic amines is 1. The number of nitrogens with zero attached hydrogens (tertiary/aromatic N) is 3. The predicted molar refractivity (Wildman–Crippen MR) is 127 cm³/mol. The Morgan fingerprint density at radius 1 is 0.938 bits per heavy atom. The number of fused-ring (bicyclic) bond motifs is 1. The fourth-order valence-corrected chi connectivity index (χ4v) is 5.70. The van der Waals surface area contributed by atoms with Gasteiger partial charge in [0.15, 0.2) is 0 Å². The highest BCUT2D eigenvalue weighted by molar-refractivity contribution is 7.89.